The van der Waals surface area contributed by atoms with Crippen LogP contribution in [0.15, 0.2) is 0 Å². The van der Waals surface area contributed by atoms with Gasteiger partial charge in [-0.15, -0.1) is 0 Å². The third kappa shape index (κ3) is 2.72. The van der Waals surface area contributed by atoms with Gasteiger partial charge in [-0.25, -0.2) is 9.78 Å². The molecule has 0 spiro atoms. The molecule has 2 atom stereocenters. The first-order chi connectivity index (χ1) is 9.10. The first-order valence-electron chi connectivity index (χ1n) is 6.14. The highest BCUT2D eigenvalue weighted by Gasteiger charge is 2.35. The lowest BCUT2D eigenvalue weighted by Gasteiger charge is -2.13. The fraction of sp³-hybridized carbons (Fsp3) is 0.667. The average Bonchev–Trinajstić information content (AvgIpc) is 3.01. The first kappa shape index (κ1) is 14.2. The Hall–Kier alpha value is -1.18. The summed E-state index contributed by atoms with van der Waals surface area (Å²) in [6.45, 7) is 3.25. The van der Waals surface area contributed by atoms with E-state index in [9.17, 15) is 4.79 Å². The molecule has 106 valence electrons. The van der Waals surface area contributed by atoms with Crippen molar-refractivity contribution in [1.82, 2.24) is 4.98 Å². The summed E-state index contributed by atoms with van der Waals surface area (Å²) in [6.07, 6.45) is 0.604. The smallest absolute Gasteiger partial charge is 0.347 e. The predicted molar refractivity (Wildman–Crippen MR) is 72.3 cm³/mol. The van der Waals surface area contributed by atoms with Gasteiger partial charge in [0, 0.05) is 27.3 Å². The number of hydrogen-bond acceptors (Lipinski definition) is 6. The van der Waals surface area contributed by atoms with E-state index >= 15 is 0 Å². The number of anilines is 1. The van der Waals surface area contributed by atoms with E-state index in [2.05, 4.69) is 4.98 Å². The highest BCUT2D eigenvalue weighted by atomic mass is 32.1. The molecule has 1 aromatic rings. The summed E-state index contributed by atoms with van der Waals surface area (Å²) in [7, 11) is 3.31. The number of hydrogen-bond donors (Lipinski definition) is 1. The molecule has 0 bridgehead atoms. The van der Waals surface area contributed by atoms with Gasteiger partial charge in [-0.2, -0.15) is 0 Å². The van der Waals surface area contributed by atoms with Gasteiger partial charge in [-0.3, -0.25) is 0 Å². The lowest BCUT2D eigenvalue weighted by Crippen LogP contribution is -2.27. The Labute approximate surface area is 116 Å². The van der Waals surface area contributed by atoms with Crippen molar-refractivity contribution < 1.29 is 19.4 Å². The van der Waals surface area contributed by atoms with Crippen molar-refractivity contribution in [3.05, 3.63) is 10.6 Å². The molecule has 1 fully saturated rings. The van der Waals surface area contributed by atoms with Gasteiger partial charge in [0.2, 0.25) is 0 Å². The largest absolute Gasteiger partial charge is 0.477 e. The van der Waals surface area contributed by atoms with Crippen LogP contribution in [-0.2, 0) is 15.9 Å². The van der Waals surface area contributed by atoms with Crippen LogP contribution in [0.5, 0.6) is 0 Å². The minimum absolute atomic E-state index is 0.00717. The zero-order valence-corrected chi connectivity index (χ0v) is 12.1. The van der Waals surface area contributed by atoms with Gasteiger partial charge in [0.1, 0.15) is 17.1 Å². The molecule has 1 saturated heterocycles. The van der Waals surface area contributed by atoms with Gasteiger partial charge in [-0.1, -0.05) is 18.3 Å². The molecule has 7 heteroatoms. The number of nitrogens with zero attached hydrogens (tertiary/aromatic N) is 2. The molecule has 19 heavy (non-hydrogen) atoms. The molecular formula is C12H18N2O4S. The SMILES string of the molecule is CCc1nc(N2CC(OC)C(OC)C2)sc1C(=O)O. The lowest BCUT2D eigenvalue weighted by atomic mass is 10.3. The summed E-state index contributed by atoms with van der Waals surface area (Å²) in [4.78, 5) is 17.9. The van der Waals surface area contributed by atoms with Crippen LogP contribution in [0.2, 0.25) is 0 Å². The predicted octanol–water partition coefficient (Wildman–Crippen LogP) is 1.25. The molecule has 1 aliphatic heterocycles. The number of carboxylic acids is 1. The van der Waals surface area contributed by atoms with Gasteiger partial charge in [0.25, 0.3) is 0 Å². The number of thiazole rings is 1. The molecule has 1 aliphatic rings. The van der Waals surface area contributed by atoms with Gasteiger partial charge in [-0.05, 0) is 6.42 Å². The van der Waals surface area contributed by atoms with Crippen molar-refractivity contribution in [3.8, 4) is 0 Å². The third-order valence-electron chi connectivity index (χ3n) is 3.31. The Morgan fingerprint density at radius 1 is 1.42 bits per heavy atom. The van der Waals surface area contributed by atoms with Gasteiger partial charge >= 0.3 is 5.97 Å². The fourth-order valence-corrected chi connectivity index (χ4v) is 3.25. The maximum atomic E-state index is 11.2. The third-order valence-corrected chi connectivity index (χ3v) is 4.45. The Balaban J connectivity index is 2.21. The highest BCUT2D eigenvalue weighted by molar-refractivity contribution is 7.17. The molecular weight excluding hydrogens is 268 g/mol. The van der Waals surface area contributed by atoms with Gasteiger partial charge < -0.3 is 19.5 Å². The highest BCUT2D eigenvalue weighted by Crippen LogP contribution is 2.30. The van der Waals surface area contributed by atoms with Crippen LogP contribution in [0.3, 0.4) is 0 Å². The first-order valence-corrected chi connectivity index (χ1v) is 6.95. The number of rotatable bonds is 5. The fourth-order valence-electron chi connectivity index (χ4n) is 2.23. The van der Waals surface area contributed by atoms with Crippen LogP contribution in [0, 0.1) is 0 Å². The van der Waals surface area contributed by atoms with E-state index in [0.29, 0.717) is 30.1 Å². The molecule has 2 rings (SSSR count). The Bertz CT molecular complexity index is 451. The van der Waals surface area contributed by atoms with Crippen molar-refractivity contribution in [2.45, 2.75) is 25.6 Å². The molecule has 0 aromatic carbocycles. The topological polar surface area (TPSA) is 71.9 Å². The zero-order valence-electron chi connectivity index (χ0n) is 11.3. The minimum Gasteiger partial charge on any atom is -0.477 e. The number of carboxylic acid groups (broad SMARTS) is 1. The molecule has 0 amide bonds. The molecule has 2 unspecified atom stereocenters. The summed E-state index contributed by atoms with van der Waals surface area (Å²) in [5.74, 6) is -0.911. The molecule has 1 N–H and O–H groups in total. The van der Waals surface area contributed by atoms with Crippen LogP contribution >= 0.6 is 11.3 Å². The van der Waals surface area contributed by atoms with Crippen LogP contribution in [0.1, 0.15) is 22.3 Å². The Morgan fingerprint density at radius 2 is 2.00 bits per heavy atom. The molecule has 1 aromatic heterocycles. The van der Waals surface area contributed by atoms with Crippen LogP contribution in [0.25, 0.3) is 0 Å². The van der Waals surface area contributed by atoms with E-state index in [1.165, 1.54) is 11.3 Å². The van der Waals surface area contributed by atoms with Crippen molar-refractivity contribution in [1.29, 1.82) is 0 Å². The normalized spacial score (nSPS) is 23.0. The van der Waals surface area contributed by atoms with E-state index in [1.54, 1.807) is 14.2 Å². The van der Waals surface area contributed by atoms with Gasteiger partial charge in [0.15, 0.2) is 5.13 Å². The van der Waals surface area contributed by atoms with E-state index in [4.69, 9.17) is 14.6 Å². The second-order valence-electron chi connectivity index (χ2n) is 4.38. The van der Waals surface area contributed by atoms with Crippen molar-refractivity contribution >= 4 is 22.4 Å². The average molecular weight is 286 g/mol. The summed E-state index contributed by atoms with van der Waals surface area (Å²) in [5, 5.41) is 9.88. The number of carbonyl (C=O) groups is 1. The van der Waals surface area contributed by atoms with E-state index in [-0.39, 0.29) is 12.2 Å². The van der Waals surface area contributed by atoms with Crippen LogP contribution in [0.4, 0.5) is 5.13 Å². The number of ether oxygens (including phenoxy) is 2. The molecule has 0 saturated carbocycles. The Kier molecular flexibility index (Phi) is 4.38. The second kappa shape index (κ2) is 5.85. The lowest BCUT2D eigenvalue weighted by molar-refractivity contribution is -0.00461. The number of aromatic carboxylic acids is 1. The monoisotopic (exact) mass is 286 g/mol. The van der Waals surface area contributed by atoms with Crippen molar-refractivity contribution in [2.75, 3.05) is 32.2 Å². The molecule has 0 radical (unpaired) electrons. The van der Waals surface area contributed by atoms with E-state index in [1.807, 2.05) is 11.8 Å². The van der Waals surface area contributed by atoms with Crippen LogP contribution in [-0.4, -0.2) is 55.6 Å². The maximum Gasteiger partial charge on any atom is 0.347 e. The maximum absolute atomic E-state index is 11.2. The summed E-state index contributed by atoms with van der Waals surface area (Å²) < 4.78 is 10.7. The van der Waals surface area contributed by atoms with Gasteiger partial charge in [0.05, 0.1) is 5.69 Å². The zero-order chi connectivity index (χ0) is 14.0. The second-order valence-corrected chi connectivity index (χ2v) is 5.36. The van der Waals surface area contributed by atoms with Crippen molar-refractivity contribution in [2.24, 2.45) is 0 Å². The van der Waals surface area contributed by atoms with E-state index < -0.39 is 5.97 Å². The summed E-state index contributed by atoms with van der Waals surface area (Å²) in [6, 6.07) is 0. The molecule has 6 nitrogen and oxygen atoms in total. The molecule has 0 aliphatic carbocycles. The minimum atomic E-state index is -0.911. The molecule has 2 heterocycles. The number of aryl methyl sites for hydroxylation is 1. The Morgan fingerprint density at radius 3 is 2.37 bits per heavy atom. The quantitative estimate of drug-likeness (QED) is 0.878. The summed E-state index contributed by atoms with van der Waals surface area (Å²) >= 11 is 1.22. The van der Waals surface area contributed by atoms with Crippen LogP contribution < -0.4 is 4.90 Å². The van der Waals surface area contributed by atoms with E-state index in [0.717, 1.165) is 5.13 Å². The number of aromatic nitrogens is 1. The number of methoxy groups -OCH3 is 2. The standard InChI is InChI=1S/C12H18N2O4S/c1-4-7-10(11(15)16)19-12(13-7)14-5-8(17-2)9(6-14)18-3/h8-9H,4-6H2,1-3H3,(H,15,16). The van der Waals surface area contributed by atoms with Crippen molar-refractivity contribution in [3.63, 3.8) is 0 Å². The summed E-state index contributed by atoms with van der Waals surface area (Å²) in [5.41, 5.74) is 0.641.